The average Bonchev–Trinajstić information content (AvgIpc) is 2.68. The smallest absolute Gasteiger partial charge is 0.165 e. The molecule has 0 spiro atoms. The first kappa shape index (κ1) is 18.5. The van der Waals surface area contributed by atoms with Gasteiger partial charge in [0, 0.05) is 18.5 Å². The Hall–Kier alpha value is -2.31. The number of morpholine rings is 1. The van der Waals surface area contributed by atoms with Crippen LogP contribution in [0.25, 0.3) is 0 Å². The molecule has 1 aliphatic rings. The molecule has 138 valence electrons. The number of ether oxygens (including phenoxy) is 2. The van der Waals surface area contributed by atoms with E-state index in [1.54, 1.807) is 0 Å². The summed E-state index contributed by atoms with van der Waals surface area (Å²) in [6, 6.07) is 12.4. The molecule has 2 aromatic rings. The van der Waals surface area contributed by atoms with Crippen LogP contribution in [0, 0.1) is 5.82 Å². The molecule has 3 rings (SSSR count). The van der Waals surface area contributed by atoms with Gasteiger partial charge in [-0.05, 0) is 11.6 Å². The zero-order valence-corrected chi connectivity index (χ0v) is 14.5. The summed E-state index contributed by atoms with van der Waals surface area (Å²) in [4.78, 5) is 11.7. The summed E-state index contributed by atoms with van der Waals surface area (Å²) in [7, 11) is 1.29. The number of nitrogens with one attached hydrogen (secondary N) is 1. The molecule has 2 aromatic carbocycles. The second-order valence-corrected chi connectivity index (χ2v) is 6.26. The molecule has 1 saturated heterocycles. The topological polar surface area (TPSA) is 47.6 Å². The lowest BCUT2D eigenvalue weighted by Crippen LogP contribution is -2.62. The van der Waals surface area contributed by atoms with Crippen molar-refractivity contribution >= 4 is 6.29 Å². The fourth-order valence-electron chi connectivity index (χ4n) is 3.48. The van der Waals surface area contributed by atoms with E-state index in [1.165, 1.54) is 25.3 Å². The van der Waals surface area contributed by atoms with E-state index in [9.17, 15) is 9.18 Å². The first-order valence-electron chi connectivity index (χ1n) is 8.45. The molecule has 0 bridgehead atoms. The van der Waals surface area contributed by atoms with Crippen LogP contribution in [0.4, 0.5) is 8.78 Å². The van der Waals surface area contributed by atoms with Gasteiger partial charge in [-0.2, -0.15) is 0 Å². The number of benzene rings is 2. The van der Waals surface area contributed by atoms with Crippen LogP contribution in [0.15, 0.2) is 48.5 Å². The lowest BCUT2D eigenvalue weighted by atomic mass is 9.79. The van der Waals surface area contributed by atoms with Crippen LogP contribution >= 0.6 is 0 Å². The summed E-state index contributed by atoms with van der Waals surface area (Å²) in [5, 5.41) is 3.02. The van der Waals surface area contributed by atoms with E-state index < -0.39 is 23.6 Å². The molecule has 1 fully saturated rings. The van der Waals surface area contributed by atoms with E-state index in [2.05, 4.69) is 5.32 Å². The monoisotopic (exact) mass is 361 g/mol. The molecular weight excluding hydrogens is 340 g/mol. The number of carbonyl (C=O) groups is 1. The average molecular weight is 361 g/mol. The van der Waals surface area contributed by atoms with Gasteiger partial charge in [0.05, 0.1) is 19.8 Å². The fourth-order valence-corrected chi connectivity index (χ4v) is 3.48. The number of carbonyl (C=O) groups excluding carboxylic acids is 1. The third kappa shape index (κ3) is 3.34. The minimum absolute atomic E-state index is 0.0268. The van der Waals surface area contributed by atoms with Crippen LogP contribution in [0.1, 0.15) is 17.3 Å². The van der Waals surface area contributed by atoms with Gasteiger partial charge in [-0.15, -0.1) is 0 Å². The minimum Gasteiger partial charge on any atom is -0.493 e. The fraction of sp³-hybridized carbons (Fsp3) is 0.350. The lowest BCUT2D eigenvalue weighted by Gasteiger charge is -2.44. The van der Waals surface area contributed by atoms with Crippen molar-refractivity contribution in [3.63, 3.8) is 0 Å². The highest BCUT2D eigenvalue weighted by Crippen LogP contribution is 2.43. The summed E-state index contributed by atoms with van der Waals surface area (Å²) < 4.78 is 40.9. The van der Waals surface area contributed by atoms with E-state index in [-0.39, 0.29) is 24.3 Å². The molecule has 0 aromatic heterocycles. The summed E-state index contributed by atoms with van der Waals surface area (Å²) in [6.45, 7) is 0.683. The molecule has 0 aliphatic carbocycles. The molecular formula is C20H21F2NO3. The molecule has 6 heteroatoms. The number of alkyl halides is 1. The zero-order valence-electron chi connectivity index (χ0n) is 14.5. The molecule has 1 heterocycles. The molecule has 3 atom stereocenters. The second kappa shape index (κ2) is 7.93. The lowest BCUT2D eigenvalue weighted by molar-refractivity contribution is -0.150. The summed E-state index contributed by atoms with van der Waals surface area (Å²) >= 11 is 0. The maximum atomic E-state index is 15.9. The number of hydrogen-bond donors (Lipinski definition) is 1. The minimum atomic E-state index is -1.77. The van der Waals surface area contributed by atoms with Gasteiger partial charge < -0.3 is 19.6 Å². The standard InChI is InChI=1S/C20H21F2NO3/c1-25-18-15(8-5-9-16(18)21)19(22)20(12-14-6-3-2-4-7-14)17(13-24)23-10-11-26-20/h2-9,13,17,19,23H,10-12H2,1H3. The van der Waals surface area contributed by atoms with Crippen molar-refractivity contribution in [2.24, 2.45) is 0 Å². The van der Waals surface area contributed by atoms with Gasteiger partial charge in [0.1, 0.15) is 11.9 Å². The number of hydrogen-bond acceptors (Lipinski definition) is 4. The van der Waals surface area contributed by atoms with Crippen molar-refractivity contribution < 1.29 is 23.0 Å². The quantitative estimate of drug-likeness (QED) is 0.804. The molecule has 0 saturated carbocycles. The molecule has 0 amide bonds. The van der Waals surface area contributed by atoms with Gasteiger partial charge in [-0.3, -0.25) is 0 Å². The van der Waals surface area contributed by atoms with E-state index >= 15 is 4.39 Å². The third-order valence-electron chi connectivity index (χ3n) is 4.73. The highest BCUT2D eigenvalue weighted by Gasteiger charge is 2.51. The first-order chi connectivity index (χ1) is 12.6. The maximum Gasteiger partial charge on any atom is 0.165 e. The van der Waals surface area contributed by atoms with Crippen molar-refractivity contribution in [1.29, 1.82) is 0 Å². The summed E-state index contributed by atoms with van der Waals surface area (Å²) in [6.07, 6.45) is -0.956. The predicted molar refractivity (Wildman–Crippen MR) is 93.5 cm³/mol. The Morgan fingerprint density at radius 1 is 1.31 bits per heavy atom. The molecule has 1 aliphatic heterocycles. The van der Waals surface area contributed by atoms with E-state index in [1.807, 2.05) is 30.3 Å². The van der Waals surface area contributed by atoms with Crippen LogP contribution in [0.2, 0.25) is 0 Å². The van der Waals surface area contributed by atoms with Gasteiger partial charge >= 0.3 is 0 Å². The van der Waals surface area contributed by atoms with Crippen LogP contribution in [-0.2, 0) is 16.0 Å². The molecule has 3 unspecified atom stereocenters. The second-order valence-electron chi connectivity index (χ2n) is 6.26. The van der Waals surface area contributed by atoms with Crippen molar-refractivity contribution in [3.05, 3.63) is 65.5 Å². The van der Waals surface area contributed by atoms with Crippen molar-refractivity contribution in [2.45, 2.75) is 24.2 Å². The van der Waals surface area contributed by atoms with Crippen molar-refractivity contribution in [1.82, 2.24) is 5.32 Å². The third-order valence-corrected chi connectivity index (χ3v) is 4.73. The van der Waals surface area contributed by atoms with Gasteiger partial charge in [0.2, 0.25) is 0 Å². The Balaban J connectivity index is 2.08. The van der Waals surface area contributed by atoms with Gasteiger partial charge in [0.15, 0.2) is 17.7 Å². The normalized spacial score (nSPS) is 24.0. The molecule has 4 nitrogen and oxygen atoms in total. The first-order valence-corrected chi connectivity index (χ1v) is 8.45. The van der Waals surface area contributed by atoms with Crippen molar-refractivity contribution in [2.75, 3.05) is 20.3 Å². The van der Waals surface area contributed by atoms with Gasteiger partial charge in [-0.1, -0.05) is 42.5 Å². The highest BCUT2D eigenvalue weighted by molar-refractivity contribution is 5.61. The SMILES string of the molecule is COc1c(F)cccc1C(F)C1(Cc2ccccc2)OCCNC1C=O. The summed E-state index contributed by atoms with van der Waals surface area (Å²) in [5.74, 6) is -0.833. The van der Waals surface area contributed by atoms with Gasteiger partial charge in [-0.25, -0.2) is 8.78 Å². The van der Waals surface area contributed by atoms with E-state index in [4.69, 9.17) is 9.47 Å². The Morgan fingerprint density at radius 2 is 2.08 bits per heavy atom. The number of aldehydes is 1. The largest absolute Gasteiger partial charge is 0.493 e. The number of para-hydroxylation sites is 1. The van der Waals surface area contributed by atoms with Crippen LogP contribution in [-0.4, -0.2) is 38.2 Å². The van der Waals surface area contributed by atoms with Crippen LogP contribution in [0.5, 0.6) is 5.75 Å². The van der Waals surface area contributed by atoms with E-state index in [0.29, 0.717) is 12.8 Å². The maximum absolute atomic E-state index is 15.9. The number of methoxy groups -OCH3 is 1. The van der Waals surface area contributed by atoms with Gasteiger partial charge in [0.25, 0.3) is 0 Å². The van der Waals surface area contributed by atoms with E-state index in [0.717, 1.165) is 5.56 Å². The number of rotatable bonds is 6. The molecule has 1 N–H and O–H groups in total. The molecule has 0 radical (unpaired) electrons. The Bertz CT molecular complexity index is 756. The van der Waals surface area contributed by atoms with Crippen LogP contribution < -0.4 is 10.1 Å². The summed E-state index contributed by atoms with van der Waals surface area (Å²) in [5.41, 5.74) is -0.650. The van der Waals surface area contributed by atoms with Crippen LogP contribution in [0.3, 0.4) is 0 Å². The Labute approximate surface area is 151 Å². The molecule has 26 heavy (non-hydrogen) atoms. The van der Waals surface area contributed by atoms with Crippen molar-refractivity contribution in [3.8, 4) is 5.75 Å². The zero-order chi connectivity index (χ0) is 18.6. The Kier molecular flexibility index (Phi) is 5.64. The highest BCUT2D eigenvalue weighted by atomic mass is 19.1. The Morgan fingerprint density at radius 3 is 2.77 bits per heavy atom. The number of halogens is 2. The predicted octanol–water partition coefficient (Wildman–Crippen LogP) is 3.01.